The topological polar surface area (TPSA) is 66.9 Å². The smallest absolute Gasteiger partial charge is 0.303 e. The van der Waals surface area contributed by atoms with Gasteiger partial charge in [-0.1, -0.05) is 20.8 Å². The average molecular weight is 417 g/mol. The van der Waals surface area contributed by atoms with Crippen molar-refractivity contribution in [3.63, 3.8) is 0 Å². The number of carbonyl (C=O) groups is 2. The number of ether oxygens (including phenoxy) is 1. The lowest BCUT2D eigenvalue weighted by Gasteiger charge is -2.59. The maximum atomic E-state index is 12.1. The van der Waals surface area contributed by atoms with Crippen molar-refractivity contribution in [2.24, 2.45) is 52.3 Å². The molecule has 4 aliphatic carbocycles. The van der Waals surface area contributed by atoms with Crippen molar-refractivity contribution < 1.29 is 19.4 Å². The number of Topliss-reactive ketones (excluding diaryl/α,β-unsaturated/α-hetero) is 1. The Hall–Kier alpha value is -0.900. The third-order valence-corrected chi connectivity index (χ3v) is 11.1. The van der Waals surface area contributed by atoms with Crippen LogP contribution in [0.3, 0.4) is 0 Å². The molecule has 168 valence electrons. The molecule has 5 aliphatic rings. The van der Waals surface area contributed by atoms with Crippen LogP contribution in [0.1, 0.15) is 85.5 Å². The van der Waals surface area contributed by atoms with Crippen molar-refractivity contribution >= 4 is 11.8 Å². The van der Waals surface area contributed by atoms with E-state index in [0.717, 1.165) is 31.1 Å². The number of aliphatic carboxylic acids is 1. The lowest BCUT2D eigenvalue weighted by Crippen LogP contribution is -2.57. The normalized spacial score (nSPS) is 52.4. The van der Waals surface area contributed by atoms with Gasteiger partial charge in [0.25, 0.3) is 0 Å². The molecule has 0 spiro atoms. The highest BCUT2D eigenvalue weighted by Crippen LogP contribution is 2.72. The van der Waals surface area contributed by atoms with Gasteiger partial charge in [-0.05, 0) is 105 Å². The minimum absolute atomic E-state index is 0.254. The summed E-state index contributed by atoms with van der Waals surface area (Å²) in [5.74, 6) is 3.83. The molecule has 1 N–H and O–H groups in total. The minimum Gasteiger partial charge on any atom is -0.481 e. The van der Waals surface area contributed by atoms with Crippen LogP contribution in [0.2, 0.25) is 0 Å². The summed E-state index contributed by atoms with van der Waals surface area (Å²) in [7, 11) is 0. The van der Waals surface area contributed by atoms with Gasteiger partial charge in [0.15, 0.2) is 0 Å². The van der Waals surface area contributed by atoms with Crippen LogP contribution in [0.4, 0.5) is 0 Å². The monoisotopic (exact) mass is 416 g/mol. The summed E-state index contributed by atoms with van der Waals surface area (Å²) in [5.41, 5.74) is 0.679. The fourth-order valence-corrected chi connectivity index (χ4v) is 9.42. The van der Waals surface area contributed by atoms with Crippen molar-refractivity contribution in [2.45, 2.75) is 97.7 Å². The van der Waals surface area contributed by atoms with Crippen molar-refractivity contribution in [1.29, 1.82) is 0 Å². The molecule has 0 aromatic rings. The van der Waals surface area contributed by atoms with E-state index in [1.54, 1.807) is 6.92 Å². The van der Waals surface area contributed by atoms with Crippen LogP contribution in [0, 0.1) is 52.3 Å². The first-order valence-electron chi connectivity index (χ1n) is 12.5. The Kier molecular flexibility index (Phi) is 4.93. The number of rotatable bonds is 5. The summed E-state index contributed by atoms with van der Waals surface area (Å²) < 4.78 is 6.45. The van der Waals surface area contributed by atoms with E-state index in [1.165, 1.54) is 32.1 Å². The van der Waals surface area contributed by atoms with Crippen molar-refractivity contribution in [2.75, 3.05) is 0 Å². The standard InChI is InChI=1S/C26H40O4/c1-14(5-8-21(28)29)17-6-7-18-22-19(10-12-25(17,18)3)26(4)11-9-16(15(2)27)13-20(26)23-24(22)30-23/h14,16-20,22-24H,5-13H2,1-4H3,(H,28,29)/t14-,16-,17-,18+,19+,20+,22+,23-,24+,25-,26-/m1/s1. The van der Waals surface area contributed by atoms with Gasteiger partial charge in [0.1, 0.15) is 5.78 Å². The van der Waals surface area contributed by atoms with Gasteiger partial charge >= 0.3 is 5.97 Å². The Bertz CT molecular complexity index is 733. The zero-order valence-corrected chi connectivity index (χ0v) is 19.2. The number of ketones is 1. The predicted molar refractivity (Wildman–Crippen MR) is 115 cm³/mol. The van der Waals surface area contributed by atoms with E-state index in [-0.39, 0.29) is 5.92 Å². The molecule has 4 nitrogen and oxygen atoms in total. The Morgan fingerprint density at radius 3 is 2.40 bits per heavy atom. The molecule has 30 heavy (non-hydrogen) atoms. The second-order valence-electron chi connectivity index (χ2n) is 12.2. The largest absolute Gasteiger partial charge is 0.481 e. The Morgan fingerprint density at radius 1 is 1.00 bits per heavy atom. The highest BCUT2D eigenvalue weighted by atomic mass is 16.6. The molecule has 1 saturated heterocycles. The zero-order chi connectivity index (χ0) is 21.4. The van der Waals surface area contributed by atoms with E-state index in [1.807, 2.05) is 0 Å². The van der Waals surface area contributed by atoms with Gasteiger partial charge < -0.3 is 9.84 Å². The molecule has 0 bridgehead atoms. The second kappa shape index (κ2) is 7.05. The lowest BCUT2D eigenvalue weighted by atomic mass is 9.44. The number of fused-ring (bicyclic) bond motifs is 8. The van der Waals surface area contributed by atoms with Crippen LogP contribution in [0.25, 0.3) is 0 Å². The first-order chi connectivity index (χ1) is 14.2. The van der Waals surface area contributed by atoms with Gasteiger partial charge in [0, 0.05) is 12.3 Å². The Balaban J connectivity index is 1.37. The number of carbonyl (C=O) groups excluding carboxylic acids is 1. The predicted octanol–water partition coefficient (Wildman–Crippen LogP) is 5.34. The van der Waals surface area contributed by atoms with Crippen molar-refractivity contribution in [3.8, 4) is 0 Å². The van der Waals surface area contributed by atoms with Gasteiger partial charge in [-0.15, -0.1) is 0 Å². The summed E-state index contributed by atoms with van der Waals surface area (Å²) in [4.78, 5) is 23.2. The van der Waals surface area contributed by atoms with Gasteiger partial charge in [0.2, 0.25) is 0 Å². The van der Waals surface area contributed by atoms with E-state index < -0.39 is 5.97 Å². The number of carboxylic acid groups (broad SMARTS) is 1. The number of hydrogen-bond donors (Lipinski definition) is 1. The first kappa shape index (κ1) is 21.0. The SMILES string of the molecule is CC(=O)[C@@H]1CC[C@@]2(C)[C@@H](C1)[C@H]1O[C@H]1[C@@H]1[C@@H]2CC[C@]2(C)[C@@H]([C@H](C)CCC(=O)O)CC[C@@H]12. The molecular formula is C26H40O4. The molecule has 0 radical (unpaired) electrons. The average Bonchev–Trinajstić information content (AvgIpc) is 3.40. The highest BCUT2D eigenvalue weighted by Gasteiger charge is 2.70. The summed E-state index contributed by atoms with van der Waals surface area (Å²) in [6.45, 7) is 9.14. The van der Waals surface area contributed by atoms with Gasteiger partial charge in [-0.3, -0.25) is 9.59 Å². The molecule has 5 rings (SSSR count). The van der Waals surface area contributed by atoms with E-state index in [9.17, 15) is 9.59 Å². The summed E-state index contributed by atoms with van der Waals surface area (Å²) >= 11 is 0. The second-order valence-corrected chi connectivity index (χ2v) is 12.2. The quantitative estimate of drug-likeness (QED) is 0.615. The van der Waals surface area contributed by atoms with E-state index >= 15 is 0 Å². The third-order valence-electron chi connectivity index (χ3n) is 11.1. The van der Waals surface area contributed by atoms with Crippen LogP contribution in [0.15, 0.2) is 0 Å². The summed E-state index contributed by atoms with van der Waals surface area (Å²) in [5, 5.41) is 9.15. The number of hydrogen-bond acceptors (Lipinski definition) is 3. The summed E-state index contributed by atoms with van der Waals surface area (Å²) in [6, 6.07) is 0. The molecule has 4 heteroatoms. The Labute approximate surface area is 181 Å². The molecule has 0 amide bonds. The van der Waals surface area contributed by atoms with E-state index in [0.29, 0.717) is 58.9 Å². The molecule has 5 fully saturated rings. The minimum atomic E-state index is -0.660. The van der Waals surface area contributed by atoms with Gasteiger partial charge in [-0.25, -0.2) is 0 Å². The molecular weight excluding hydrogens is 376 g/mol. The van der Waals surface area contributed by atoms with Gasteiger partial charge in [0.05, 0.1) is 12.2 Å². The molecule has 0 aromatic carbocycles. The lowest BCUT2D eigenvalue weighted by molar-refractivity contribution is -0.138. The maximum Gasteiger partial charge on any atom is 0.303 e. The van der Waals surface area contributed by atoms with Crippen molar-refractivity contribution in [3.05, 3.63) is 0 Å². The first-order valence-corrected chi connectivity index (χ1v) is 12.5. The van der Waals surface area contributed by atoms with E-state index in [4.69, 9.17) is 9.84 Å². The molecule has 0 unspecified atom stereocenters. The van der Waals surface area contributed by atoms with Crippen LogP contribution >= 0.6 is 0 Å². The van der Waals surface area contributed by atoms with Crippen LogP contribution in [-0.4, -0.2) is 29.1 Å². The summed E-state index contributed by atoms with van der Waals surface area (Å²) in [6.07, 6.45) is 10.4. The number of epoxide rings is 1. The Morgan fingerprint density at radius 2 is 1.70 bits per heavy atom. The number of carboxylic acids is 1. The fourth-order valence-electron chi connectivity index (χ4n) is 9.42. The van der Waals surface area contributed by atoms with Crippen LogP contribution in [-0.2, 0) is 14.3 Å². The maximum absolute atomic E-state index is 12.1. The van der Waals surface area contributed by atoms with Crippen LogP contribution < -0.4 is 0 Å². The molecule has 1 heterocycles. The van der Waals surface area contributed by atoms with Crippen molar-refractivity contribution in [1.82, 2.24) is 0 Å². The van der Waals surface area contributed by atoms with Gasteiger partial charge in [-0.2, -0.15) is 0 Å². The van der Waals surface area contributed by atoms with Crippen LogP contribution in [0.5, 0.6) is 0 Å². The fraction of sp³-hybridized carbons (Fsp3) is 0.923. The molecule has 0 aromatic heterocycles. The van der Waals surface area contributed by atoms with E-state index in [2.05, 4.69) is 20.8 Å². The molecule has 1 aliphatic heterocycles. The highest BCUT2D eigenvalue weighted by molar-refractivity contribution is 5.78. The molecule has 11 atom stereocenters. The third kappa shape index (κ3) is 2.95. The zero-order valence-electron chi connectivity index (χ0n) is 19.2. The molecule has 4 saturated carbocycles.